The lowest BCUT2D eigenvalue weighted by molar-refractivity contribution is -0.305. The summed E-state index contributed by atoms with van der Waals surface area (Å²) in [4.78, 5) is 26.3. The third-order valence-electron chi connectivity index (χ3n) is 12.7. The van der Waals surface area contributed by atoms with Crippen LogP contribution in [0, 0.1) is 0 Å². The molecule has 1 amide bonds. The molecule has 11 heteroatoms. The molecule has 6 N–H and O–H groups in total. The molecule has 0 saturated carbocycles. The number of hydrogen-bond donors (Lipinski definition) is 6. The number of hydrogen-bond acceptors (Lipinski definition) is 10. The minimum Gasteiger partial charge on any atom is -0.454 e. The molecule has 0 aromatic carbocycles. The van der Waals surface area contributed by atoms with E-state index >= 15 is 0 Å². The van der Waals surface area contributed by atoms with E-state index in [-0.39, 0.29) is 19.4 Å². The first-order valence-electron chi connectivity index (χ1n) is 27.4. The van der Waals surface area contributed by atoms with Gasteiger partial charge in [-0.3, -0.25) is 9.59 Å². The van der Waals surface area contributed by atoms with Crippen LogP contribution >= 0.6 is 0 Å². The van der Waals surface area contributed by atoms with Gasteiger partial charge in [0.05, 0.1) is 25.4 Å². The van der Waals surface area contributed by atoms with Gasteiger partial charge in [-0.1, -0.05) is 204 Å². The molecule has 1 aliphatic heterocycles. The number of nitrogens with one attached hydrogen (secondary N) is 1. The Kier molecular flexibility index (Phi) is 41.9. The summed E-state index contributed by atoms with van der Waals surface area (Å²) in [7, 11) is 0. The average Bonchev–Trinajstić information content (AvgIpc) is 3.32. The molecule has 1 rings (SSSR count). The number of unbranched alkanes of at least 4 members (excludes halogenated alkanes) is 26. The molecule has 8 atom stereocenters. The quantitative estimate of drug-likeness (QED) is 0.0149. The Bertz CT molecular complexity index is 1270. The molecule has 11 nitrogen and oxygen atoms in total. The van der Waals surface area contributed by atoms with Gasteiger partial charge in [-0.15, -0.1) is 0 Å². The predicted molar refractivity (Wildman–Crippen MR) is 273 cm³/mol. The van der Waals surface area contributed by atoms with Crippen molar-refractivity contribution in [1.29, 1.82) is 0 Å². The molecule has 0 aliphatic carbocycles. The molecule has 67 heavy (non-hydrogen) atoms. The molecule has 1 saturated heterocycles. The van der Waals surface area contributed by atoms with Gasteiger partial charge in [-0.25, -0.2) is 0 Å². The first-order valence-corrected chi connectivity index (χ1v) is 27.4. The summed E-state index contributed by atoms with van der Waals surface area (Å²) in [5, 5.41) is 56.6. The Morgan fingerprint density at radius 1 is 0.582 bits per heavy atom. The molecule has 1 aliphatic rings. The number of allylic oxidation sites excluding steroid dienone is 7. The summed E-state index contributed by atoms with van der Waals surface area (Å²) in [6.07, 6.45) is 41.6. The van der Waals surface area contributed by atoms with Crippen LogP contribution in [-0.2, 0) is 23.8 Å². The maximum Gasteiger partial charge on any atom is 0.306 e. The van der Waals surface area contributed by atoms with Gasteiger partial charge < -0.3 is 45.1 Å². The number of aliphatic hydroxyl groups excluding tert-OH is 5. The molecule has 0 aromatic heterocycles. The lowest BCUT2D eigenvalue weighted by Crippen LogP contribution is -2.61. The van der Waals surface area contributed by atoms with Crippen molar-refractivity contribution in [2.24, 2.45) is 0 Å². The minimum atomic E-state index is -1.62. The standard InChI is InChI=1S/C56H101NO10/c1-4-7-10-13-16-19-22-24-25-27-29-32-35-38-41-44-51(61)67-54-53(63)52(62)50(45-58)66-56(54)65-46-47(48(59)42-39-36-33-31-28-26-23-20-17-14-11-8-5-2)57-55(64)49(60)43-40-37-34-30-21-18-15-12-9-6-3/h15-16,18-19,22,24,39,42,47-50,52-54,56,58-60,62-63H,4-14,17,20-21,23,25-38,40-41,43-46H2,1-3H3,(H,57,64)/b18-15-,19-16+,24-22+,42-39+. The van der Waals surface area contributed by atoms with Crippen molar-refractivity contribution in [2.45, 2.75) is 282 Å². The Morgan fingerprint density at radius 3 is 1.61 bits per heavy atom. The lowest BCUT2D eigenvalue weighted by Gasteiger charge is -2.41. The summed E-state index contributed by atoms with van der Waals surface area (Å²) in [5.74, 6) is -1.22. The van der Waals surface area contributed by atoms with E-state index in [1.807, 2.05) is 6.08 Å². The van der Waals surface area contributed by atoms with E-state index in [1.165, 1.54) is 89.9 Å². The highest BCUT2D eigenvalue weighted by molar-refractivity contribution is 5.80. The number of carbonyl (C=O) groups excluding carboxylic acids is 2. The van der Waals surface area contributed by atoms with Crippen molar-refractivity contribution in [2.75, 3.05) is 13.2 Å². The van der Waals surface area contributed by atoms with Crippen molar-refractivity contribution >= 4 is 11.9 Å². The van der Waals surface area contributed by atoms with Crippen LogP contribution in [-0.4, -0.2) is 99.6 Å². The van der Waals surface area contributed by atoms with Crippen molar-refractivity contribution in [3.8, 4) is 0 Å². The van der Waals surface area contributed by atoms with Gasteiger partial charge in [-0.2, -0.15) is 0 Å². The monoisotopic (exact) mass is 948 g/mol. The van der Waals surface area contributed by atoms with Gasteiger partial charge in [0.1, 0.15) is 24.4 Å². The lowest BCUT2D eigenvalue weighted by atomic mass is 9.99. The predicted octanol–water partition coefficient (Wildman–Crippen LogP) is 11.7. The summed E-state index contributed by atoms with van der Waals surface area (Å²) in [6.45, 7) is 5.68. The molecule has 1 heterocycles. The van der Waals surface area contributed by atoms with Gasteiger partial charge >= 0.3 is 5.97 Å². The highest BCUT2D eigenvalue weighted by atomic mass is 16.7. The van der Waals surface area contributed by atoms with E-state index in [9.17, 15) is 35.1 Å². The number of ether oxygens (including phenoxy) is 3. The second-order valence-electron chi connectivity index (χ2n) is 19.0. The van der Waals surface area contributed by atoms with Gasteiger partial charge in [0.2, 0.25) is 5.91 Å². The highest BCUT2D eigenvalue weighted by Crippen LogP contribution is 2.26. The fourth-order valence-corrected chi connectivity index (χ4v) is 8.27. The van der Waals surface area contributed by atoms with Gasteiger partial charge in [-0.05, 0) is 70.6 Å². The Labute approximate surface area is 408 Å². The van der Waals surface area contributed by atoms with Crippen LogP contribution in [0.4, 0.5) is 0 Å². The van der Waals surface area contributed by atoms with E-state index in [0.29, 0.717) is 12.8 Å². The molecular weight excluding hydrogens is 847 g/mol. The summed E-state index contributed by atoms with van der Waals surface area (Å²) >= 11 is 0. The molecule has 1 fully saturated rings. The van der Waals surface area contributed by atoms with Crippen LogP contribution in [0.25, 0.3) is 0 Å². The molecule has 8 unspecified atom stereocenters. The zero-order chi connectivity index (χ0) is 49.0. The smallest absolute Gasteiger partial charge is 0.306 e. The van der Waals surface area contributed by atoms with Crippen molar-refractivity contribution in [3.05, 3.63) is 48.6 Å². The zero-order valence-electron chi connectivity index (χ0n) is 42.8. The van der Waals surface area contributed by atoms with Crippen LogP contribution in [0.2, 0.25) is 0 Å². The number of amides is 1. The fourth-order valence-electron chi connectivity index (χ4n) is 8.27. The minimum absolute atomic E-state index is 0.109. The molecule has 0 aromatic rings. The number of esters is 1. The van der Waals surface area contributed by atoms with Gasteiger partial charge in [0, 0.05) is 6.42 Å². The van der Waals surface area contributed by atoms with Crippen LogP contribution in [0.15, 0.2) is 48.6 Å². The highest BCUT2D eigenvalue weighted by Gasteiger charge is 2.47. The first-order chi connectivity index (χ1) is 32.7. The second kappa shape index (κ2) is 44.8. The van der Waals surface area contributed by atoms with Gasteiger partial charge in [0.25, 0.3) is 0 Å². The van der Waals surface area contributed by atoms with Crippen molar-refractivity contribution in [1.82, 2.24) is 5.32 Å². The largest absolute Gasteiger partial charge is 0.454 e. The third-order valence-corrected chi connectivity index (χ3v) is 12.7. The summed E-state index contributed by atoms with van der Waals surface area (Å²) < 4.78 is 17.5. The normalized spacial score (nSPS) is 20.4. The van der Waals surface area contributed by atoms with Crippen molar-refractivity contribution < 1.29 is 49.3 Å². The van der Waals surface area contributed by atoms with Gasteiger partial charge in [0.15, 0.2) is 12.4 Å². The van der Waals surface area contributed by atoms with E-state index in [4.69, 9.17) is 14.2 Å². The van der Waals surface area contributed by atoms with Crippen LogP contribution < -0.4 is 5.32 Å². The molecule has 0 radical (unpaired) electrons. The Balaban J connectivity index is 2.77. The second-order valence-corrected chi connectivity index (χ2v) is 19.0. The zero-order valence-corrected chi connectivity index (χ0v) is 42.8. The van der Waals surface area contributed by atoms with E-state index in [1.54, 1.807) is 6.08 Å². The Morgan fingerprint density at radius 2 is 1.04 bits per heavy atom. The van der Waals surface area contributed by atoms with Crippen LogP contribution in [0.1, 0.15) is 233 Å². The van der Waals surface area contributed by atoms with Crippen LogP contribution in [0.5, 0.6) is 0 Å². The molecule has 390 valence electrons. The molecule has 0 bridgehead atoms. The summed E-state index contributed by atoms with van der Waals surface area (Å²) in [5.41, 5.74) is 0. The topological polar surface area (TPSA) is 175 Å². The average molecular weight is 948 g/mol. The van der Waals surface area contributed by atoms with Crippen LogP contribution in [0.3, 0.4) is 0 Å². The SMILES string of the molecule is CCCC/C=C\CCCCCCC(O)C(=O)NC(COC1OC(CO)C(O)C(O)C1OC(=O)CCCCCCCC/C=C/C=C/CCCCC)C(O)/C=C/CCCCCCCCCCCCC. The Hall–Kier alpha value is -2.38. The fraction of sp³-hybridized carbons (Fsp3) is 0.821. The first kappa shape index (κ1) is 62.6. The van der Waals surface area contributed by atoms with E-state index in [2.05, 4.69) is 62.5 Å². The number of aliphatic hydroxyl groups is 5. The number of rotatable bonds is 45. The van der Waals surface area contributed by atoms with E-state index < -0.39 is 67.4 Å². The maximum absolute atomic E-state index is 13.3. The third kappa shape index (κ3) is 33.7. The summed E-state index contributed by atoms with van der Waals surface area (Å²) in [6, 6.07) is -1.03. The van der Waals surface area contributed by atoms with Crippen molar-refractivity contribution in [3.63, 3.8) is 0 Å². The number of carbonyl (C=O) groups is 2. The molecule has 0 spiro atoms. The maximum atomic E-state index is 13.3. The molecular formula is C56H101NO10. The van der Waals surface area contributed by atoms with E-state index in [0.717, 1.165) is 96.3 Å².